The third-order valence-corrected chi connectivity index (χ3v) is 5.81. The van der Waals surface area contributed by atoms with Crippen LogP contribution in [0.15, 0.2) is 24.3 Å². The molecule has 0 bridgehead atoms. The molecule has 0 spiro atoms. The molecule has 0 saturated carbocycles. The Morgan fingerprint density at radius 1 is 1.00 bits per heavy atom. The molecule has 7 nitrogen and oxygen atoms in total. The second-order valence-corrected chi connectivity index (χ2v) is 8.31. The van der Waals surface area contributed by atoms with E-state index in [4.69, 9.17) is 10.5 Å². The molecule has 1 aromatic carbocycles. The van der Waals surface area contributed by atoms with Crippen molar-refractivity contribution >= 4 is 39.5 Å². The fraction of sp³-hybridized carbons (Fsp3) is 0.500. The van der Waals surface area contributed by atoms with Crippen molar-refractivity contribution in [2.45, 2.75) is 32.7 Å². The van der Waals surface area contributed by atoms with Crippen LogP contribution in [0.25, 0.3) is 0 Å². The molecule has 0 atom stereocenters. The number of esters is 1. The van der Waals surface area contributed by atoms with Gasteiger partial charge in [0.15, 0.2) is 0 Å². The van der Waals surface area contributed by atoms with Gasteiger partial charge in [0, 0.05) is 31.0 Å². The Morgan fingerprint density at radius 2 is 1.67 bits per heavy atom. The zero-order chi connectivity index (χ0) is 19.9. The minimum Gasteiger partial charge on any atom is -0.465 e. The van der Waals surface area contributed by atoms with Crippen molar-refractivity contribution in [1.82, 2.24) is 10.6 Å². The highest BCUT2D eigenvalue weighted by atomic mass is 33.1. The van der Waals surface area contributed by atoms with Crippen molar-refractivity contribution in [2.75, 3.05) is 24.7 Å². The summed E-state index contributed by atoms with van der Waals surface area (Å²) in [6.45, 7) is 3.45. The number of hydrogen-bond donors (Lipinski definition) is 3. The average molecular weight is 414 g/mol. The van der Waals surface area contributed by atoms with Gasteiger partial charge in [-0.2, -0.15) is 0 Å². The summed E-state index contributed by atoms with van der Waals surface area (Å²) in [6.07, 6.45) is 1.04. The number of nitrogens with two attached hydrogens (primary N) is 1. The van der Waals surface area contributed by atoms with Gasteiger partial charge < -0.3 is 21.1 Å². The molecule has 0 aliphatic carbocycles. The highest BCUT2D eigenvalue weighted by molar-refractivity contribution is 8.76. The fourth-order valence-electron chi connectivity index (χ4n) is 1.95. The minimum atomic E-state index is -0.511. The number of hydrogen-bond acceptors (Lipinski definition) is 6. The van der Waals surface area contributed by atoms with Gasteiger partial charge in [0.25, 0.3) is 0 Å². The van der Waals surface area contributed by atoms with E-state index in [2.05, 4.69) is 29.7 Å². The molecule has 27 heavy (non-hydrogen) atoms. The van der Waals surface area contributed by atoms with Crippen LogP contribution < -0.4 is 16.4 Å². The molecule has 9 heteroatoms. The molecular weight excluding hydrogens is 386 g/mol. The Labute approximate surface area is 167 Å². The highest BCUT2D eigenvalue weighted by Crippen LogP contribution is 2.19. The Hall–Kier alpha value is -1.87. The van der Waals surface area contributed by atoms with Crippen molar-refractivity contribution in [3.63, 3.8) is 0 Å². The fourth-order valence-corrected chi connectivity index (χ4v) is 3.68. The summed E-state index contributed by atoms with van der Waals surface area (Å²) in [5, 5.41) is 5.62. The Morgan fingerprint density at radius 3 is 2.33 bits per heavy atom. The summed E-state index contributed by atoms with van der Waals surface area (Å²) >= 11 is 0. The van der Waals surface area contributed by atoms with Gasteiger partial charge in [0.2, 0.25) is 5.91 Å². The molecule has 0 heterocycles. The molecule has 0 radical (unpaired) electrons. The number of carbonyl (C=O) groups excluding carboxylic acids is 3. The normalized spacial score (nSPS) is 10.3. The van der Waals surface area contributed by atoms with Gasteiger partial charge in [0.05, 0.1) is 6.42 Å². The van der Waals surface area contributed by atoms with Gasteiger partial charge in [-0.05, 0) is 17.5 Å². The van der Waals surface area contributed by atoms with Gasteiger partial charge in [-0.3, -0.25) is 9.59 Å². The third kappa shape index (κ3) is 12.2. The van der Waals surface area contributed by atoms with Crippen molar-refractivity contribution in [3.05, 3.63) is 35.4 Å². The van der Waals surface area contributed by atoms with Crippen LogP contribution in [0.1, 0.15) is 30.9 Å². The molecule has 3 amide bonds. The molecule has 150 valence electrons. The van der Waals surface area contributed by atoms with E-state index >= 15 is 0 Å². The predicted molar refractivity (Wildman–Crippen MR) is 110 cm³/mol. The van der Waals surface area contributed by atoms with Gasteiger partial charge in [-0.1, -0.05) is 52.8 Å². The minimum absolute atomic E-state index is 0.0124. The first-order valence-electron chi connectivity index (χ1n) is 8.79. The summed E-state index contributed by atoms with van der Waals surface area (Å²) < 4.78 is 4.97. The van der Waals surface area contributed by atoms with E-state index in [0.29, 0.717) is 25.4 Å². The van der Waals surface area contributed by atoms with E-state index < -0.39 is 11.9 Å². The first-order chi connectivity index (χ1) is 13.0. The maximum Gasteiger partial charge on any atom is 0.315 e. The van der Waals surface area contributed by atoms with E-state index in [1.54, 1.807) is 21.6 Å². The monoisotopic (exact) mass is 413 g/mol. The van der Waals surface area contributed by atoms with Gasteiger partial charge in [-0.15, -0.1) is 0 Å². The second kappa shape index (κ2) is 14.2. The SMILES string of the molecule is CCc1ccc(CNC(=O)NCCSSCCOC(=O)CCC(N)=O)cc1. The second-order valence-electron chi connectivity index (χ2n) is 5.61. The standard InChI is InChI=1S/C18H27N3O4S2/c1-2-14-3-5-15(6-4-14)13-21-18(24)20-9-11-26-27-12-10-25-17(23)8-7-16(19)22/h3-6H,2,7-13H2,1H3,(H2,19,22)(H2,20,21,24). The number of urea groups is 1. The first-order valence-corrected chi connectivity index (χ1v) is 11.3. The number of aryl methyl sites for hydroxylation is 1. The Kier molecular flexibility index (Phi) is 12.2. The molecule has 4 N–H and O–H groups in total. The lowest BCUT2D eigenvalue weighted by Gasteiger charge is -2.08. The molecule has 0 unspecified atom stereocenters. The lowest BCUT2D eigenvalue weighted by Crippen LogP contribution is -2.36. The van der Waals surface area contributed by atoms with E-state index in [9.17, 15) is 14.4 Å². The summed E-state index contributed by atoms with van der Waals surface area (Å²) in [6, 6.07) is 7.98. The zero-order valence-corrected chi connectivity index (χ0v) is 17.1. The summed E-state index contributed by atoms with van der Waals surface area (Å²) in [5.41, 5.74) is 7.30. The lowest BCUT2D eigenvalue weighted by atomic mass is 10.1. The topological polar surface area (TPSA) is 111 Å². The van der Waals surface area contributed by atoms with Crippen molar-refractivity contribution in [1.29, 1.82) is 0 Å². The van der Waals surface area contributed by atoms with Crippen LogP contribution in [0.3, 0.4) is 0 Å². The smallest absolute Gasteiger partial charge is 0.315 e. The van der Waals surface area contributed by atoms with Crippen LogP contribution in [0.2, 0.25) is 0 Å². The van der Waals surface area contributed by atoms with Gasteiger partial charge >= 0.3 is 12.0 Å². The number of primary amides is 1. The van der Waals surface area contributed by atoms with Gasteiger partial charge in [0.1, 0.15) is 6.61 Å². The number of carbonyl (C=O) groups is 3. The Bertz CT molecular complexity index is 597. The molecule has 0 saturated heterocycles. The van der Waals surface area contributed by atoms with E-state index in [1.165, 1.54) is 5.56 Å². The van der Waals surface area contributed by atoms with Crippen LogP contribution >= 0.6 is 21.6 Å². The maximum absolute atomic E-state index is 11.7. The maximum atomic E-state index is 11.7. The van der Waals surface area contributed by atoms with Crippen molar-refractivity contribution in [3.8, 4) is 0 Å². The van der Waals surface area contributed by atoms with Crippen LogP contribution in [-0.4, -0.2) is 42.6 Å². The molecule has 1 aromatic rings. The Balaban J connectivity index is 1.96. The molecule has 1 rings (SSSR count). The van der Waals surface area contributed by atoms with Crippen LogP contribution in [-0.2, 0) is 27.3 Å². The molecular formula is C18H27N3O4S2. The summed E-state index contributed by atoms with van der Waals surface area (Å²) in [4.78, 5) is 33.5. The zero-order valence-electron chi connectivity index (χ0n) is 15.5. The summed E-state index contributed by atoms with van der Waals surface area (Å²) in [5.74, 6) is 0.469. The average Bonchev–Trinajstić information content (AvgIpc) is 2.67. The van der Waals surface area contributed by atoms with Crippen LogP contribution in [0, 0.1) is 0 Å². The van der Waals surface area contributed by atoms with Gasteiger partial charge in [-0.25, -0.2) is 4.79 Å². The molecule has 0 aliphatic heterocycles. The molecule has 0 aromatic heterocycles. The predicted octanol–water partition coefficient (Wildman–Crippen LogP) is 2.24. The van der Waals surface area contributed by atoms with Crippen molar-refractivity contribution in [2.24, 2.45) is 5.73 Å². The van der Waals surface area contributed by atoms with E-state index in [1.807, 2.05) is 12.1 Å². The molecule has 0 fully saturated rings. The lowest BCUT2D eigenvalue weighted by molar-refractivity contribution is -0.144. The number of nitrogens with one attached hydrogen (secondary N) is 2. The number of rotatable bonds is 13. The summed E-state index contributed by atoms with van der Waals surface area (Å²) in [7, 11) is 3.15. The van der Waals surface area contributed by atoms with Crippen LogP contribution in [0.4, 0.5) is 4.79 Å². The molecule has 0 aliphatic rings. The largest absolute Gasteiger partial charge is 0.465 e. The third-order valence-electron chi connectivity index (χ3n) is 3.44. The quantitative estimate of drug-likeness (QED) is 0.260. The van der Waals surface area contributed by atoms with Crippen LogP contribution in [0.5, 0.6) is 0 Å². The van der Waals surface area contributed by atoms with E-state index in [-0.39, 0.29) is 18.9 Å². The number of amides is 3. The number of ether oxygens (including phenoxy) is 1. The van der Waals surface area contributed by atoms with E-state index in [0.717, 1.165) is 17.7 Å². The number of benzene rings is 1. The van der Waals surface area contributed by atoms with Crippen molar-refractivity contribution < 1.29 is 19.1 Å². The highest BCUT2D eigenvalue weighted by Gasteiger charge is 2.05. The first kappa shape index (κ1) is 23.2.